The van der Waals surface area contributed by atoms with Crippen LogP contribution >= 0.6 is 0 Å². The van der Waals surface area contributed by atoms with Gasteiger partial charge in [0.1, 0.15) is 0 Å². The molecule has 0 unspecified atom stereocenters. The molecule has 0 aromatic rings. The minimum atomic E-state index is -0.238. The van der Waals surface area contributed by atoms with Crippen molar-refractivity contribution in [3.8, 4) is 0 Å². The van der Waals surface area contributed by atoms with Crippen molar-refractivity contribution < 1.29 is 9.59 Å². The first-order chi connectivity index (χ1) is 10.1. The molecule has 0 saturated carbocycles. The van der Waals surface area contributed by atoms with Gasteiger partial charge in [0.25, 0.3) is 0 Å². The molecule has 0 spiro atoms. The lowest BCUT2D eigenvalue weighted by Crippen LogP contribution is -2.46. The first kappa shape index (κ1) is 17.8. The second-order valence-corrected chi connectivity index (χ2v) is 6.02. The number of unbranched alkanes of at least 4 members (excludes halogenated alkanes) is 6. The van der Waals surface area contributed by atoms with Gasteiger partial charge < -0.3 is 16.0 Å². The maximum atomic E-state index is 11.9. The molecule has 0 radical (unpaired) electrons. The molecule has 0 aromatic carbocycles. The number of nitrogens with two attached hydrogens (primary N) is 1. The molecular formula is C16H31N3O2. The standard InChI is InChI=1S/C16H31N3O2/c1-2-3-4-5-6-7-8-11-18-16(21)19-12-9-14(10-13-19)15(17)20/h14H,2-13H2,1H3,(H2,17,20)(H,18,21). The molecule has 1 fully saturated rings. The topological polar surface area (TPSA) is 75.4 Å². The fourth-order valence-corrected chi connectivity index (χ4v) is 2.76. The highest BCUT2D eigenvalue weighted by atomic mass is 16.2. The van der Waals surface area contributed by atoms with Crippen LogP contribution in [0.4, 0.5) is 4.79 Å². The van der Waals surface area contributed by atoms with Gasteiger partial charge in [-0.2, -0.15) is 0 Å². The van der Waals surface area contributed by atoms with Crippen LogP contribution in [0, 0.1) is 5.92 Å². The summed E-state index contributed by atoms with van der Waals surface area (Å²) < 4.78 is 0. The van der Waals surface area contributed by atoms with E-state index in [4.69, 9.17) is 5.73 Å². The fourth-order valence-electron chi connectivity index (χ4n) is 2.76. The van der Waals surface area contributed by atoms with Crippen molar-refractivity contribution in [2.75, 3.05) is 19.6 Å². The molecule has 122 valence electrons. The van der Waals surface area contributed by atoms with Gasteiger partial charge in [-0.1, -0.05) is 45.4 Å². The Morgan fingerprint density at radius 2 is 1.62 bits per heavy atom. The Morgan fingerprint density at radius 1 is 1.05 bits per heavy atom. The number of hydrogen-bond acceptors (Lipinski definition) is 2. The number of carbonyl (C=O) groups excluding carboxylic acids is 2. The second kappa shape index (κ2) is 10.5. The summed E-state index contributed by atoms with van der Waals surface area (Å²) in [5.41, 5.74) is 5.29. The number of likely N-dealkylation sites (tertiary alicyclic amines) is 1. The molecule has 1 saturated heterocycles. The molecule has 0 aromatic heterocycles. The summed E-state index contributed by atoms with van der Waals surface area (Å²) in [4.78, 5) is 24.8. The van der Waals surface area contributed by atoms with Crippen LogP contribution in [0.1, 0.15) is 64.7 Å². The van der Waals surface area contributed by atoms with E-state index in [2.05, 4.69) is 12.2 Å². The molecule has 3 amide bonds. The van der Waals surface area contributed by atoms with Crippen molar-refractivity contribution in [3.63, 3.8) is 0 Å². The third-order valence-corrected chi connectivity index (χ3v) is 4.24. The third kappa shape index (κ3) is 7.34. The van der Waals surface area contributed by atoms with Gasteiger partial charge >= 0.3 is 6.03 Å². The molecule has 0 aliphatic carbocycles. The molecule has 1 aliphatic heterocycles. The molecule has 3 N–H and O–H groups in total. The fraction of sp³-hybridized carbons (Fsp3) is 0.875. The van der Waals surface area contributed by atoms with Crippen LogP contribution in [0.2, 0.25) is 0 Å². The van der Waals surface area contributed by atoms with E-state index in [1.807, 2.05) is 0 Å². The Morgan fingerprint density at radius 3 is 2.19 bits per heavy atom. The number of carbonyl (C=O) groups is 2. The predicted octanol–water partition coefficient (Wildman–Crippen LogP) is 2.64. The van der Waals surface area contributed by atoms with Crippen LogP contribution in [0.5, 0.6) is 0 Å². The molecule has 21 heavy (non-hydrogen) atoms. The number of primary amides is 1. The second-order valence-electron chi connectivity index (χ2n) is 6.02. The number of rotatable bonds is 9. The number of hydrogen-bond donors (Lipinski definition) is 2. The van der Waals surface area contributed by atoms with Crippen LogP contribution in [-0.4, -0.2) is 36.5 Å². The molecule has 5 heteroatoms. The Balaban J connectivity index is 2.00. The van der Waals surface area contributed by atoms with Gasteiger partial charge in [-0.25, -0.2) is 4.79 Å². The first-order valence-corrected chi connectivity index (χ1v) is 8.47. The monoisotopic (exact) mass is 297 g/mol. The summed E-state index contributed by atoms with van der Waals surface area (Å²) in [7, 11) is 0. The SMILES string of the molecule is CCCCCCCCCNC(=O)N1CCC(C(N)=O)CC1. The zero-order chi connectivity index (χ0) is 15.5. The Hall–Kier alpha value is -1.26. The Kier molecular flexibility index (Phi) is 8.87. The summed E-state index contributed by atoms with van der Waals surface area (Å²) in [6, 6.07) is 0.00361. The Bertz CT molecular complexity index is 313. The quantitative estimate of drug-likeness (QED) is 0.642. The van der Waals surface area contributed by atoms with Gasteiger partial charge in [-0.05, 0) is 19.3 Å². The van der Waals surface area contributed by atoms with Gasteiger partial charge in [0.2, 0.25) is 5.91 Å². The van der Waals surface area contributed by atoms with Crippen molar-refractivity contribution in [1.82, 2.24) is 10.2 Å². The molecule has 1 heterocycles. The smallest absolute Gasteiger partial charge is 0.317 e. The zero-order valence-electron chi connectivity index (χ0n) is 13.4. The molecule has 0 bridgehead atoms. The number of nitrogens with one attached hydrogen (secondary N) is 1. The van der Waals surface area contributed by atoms with Crippen LogP contribution < -0.4 is 11.1 Å². The van der Waals surface area contributed by atoms with E-state index < -0.39 is 0 Å². The predicted molar refractivity (Wildman–Crippen MR) is 84.9 cm³/mol. The van der Waals surface area contributed by atoms with Crippen molar-refractivity contribution in [3.05, 3.63) is 0 Å². The van der Waals surface area contributed by atoms with Crippen LogP contribution in [0.25, 0.3) is 0 Å². The summed E-state index contributed by atoms with van der Waals surface area (Å²) in [6.07, 6.45) is 10.1. The molecule has 0 atom stereocenters. The minimum Gasteiger partial charge on any atom is -0.369 e. The van der Waals surface area contributed by atoms with Gasteiger partial charge in [0.05, 0.1) is 0 Å². The van der Waals surface area contributed by atoms with Crippen molar-refractivity contribution >= 4 is 11.9 Å². The highest BCUT2D eigenvalue weighted by molar-refractivity contribution is 5.78. The lowest BCUT2D eigenvalue weighted by molar-refractivity contribution is -0.123. The number of nitrogens with zero attached hydrogens (tertiary/aromatic N) is 1. The van der Waals surface area contributed by atoms with Crippen molar-refractivity contribution in [1.29, 1.82) is 0 Å². The first-order valence-electron chi connectivity index (χ1n) is 8.47. The summed E-state index contributed by atoms with van der Waals surface area (Å²) in [5.74, 6) is -0.296. The van der Waals surface area contributed by atoms with Crippen LogP contribution in [0.3, 0.4) is 0 Å². The van der Waals surface area contributed by atoms with E-state index in [9.17, 15) is 9.59 Å². The highest BCUT2D eigenvalue weighted by Crippen LogP contribution is 2.16. The van der Waals surface area contributed by atoms with Gasteiger partial charge in [-0.3, -0.25) is 4.79 Å². The normalized spacial score (nSPS) is 16.0. The summed E-state index contributed by atoms with van der Waals surface area (Å²) in [5, 5.41) is 2.97. The van der Waals surface area contributed by atoms with Crippen molar-refractivity contribution in [2.24, 2.45) is 11.7 Å². The Labute approximate surface area is 128 Å². The number of piperidine rings is 1. The van der Waals surface area contributed by atoms with Crippen LogP contribution in [-0.2, 0) is 4.79 Å². The maximum Gasteiger partial charge on any atom is 0.317 e. The lowest BCUT2D eigenvalue weighted by atomic mass is 9.96. The number of amides is 3. The average Bonchev–Trinajstić information content (AvgIpc) is 2.49. The van der Waals surface area contributed by atoms with E-state index in [0.717, 1.165) is 13.0 Å². The van der Waals surface area contributed by atoms with E-state index in [0.29, 0.717) is 25.9 Å². The average molecular weight is 297 g/mol. The van der Waals surface area contributed by atoms with E-state index in [-0.39, 0.29) is 17.9 Å². The molecule has 1 rings (SSSR count). The largest absolute Gasteiger partial charge is 0.369 e. The van der Waals surface area contributed by atoms with Gasteiger partial charge in [0, 0.05) is 25.6 Å². The third-order valence-electron chi connectivity index (χ3n) is 4.24. The van der Waals surface area contributed by atoms with Crippen molar-refractivity contribution in [2.45, 2.75) is 64.7 Å². The number of urea groups is 1. The minimum absolute atomic E-state index is 0.00361. The summed E-state index contributed by atoms with van der Waals surface area (Å²) >= 11 is 0. The van der Waals surface area contributed by atoms with E-state index >= 15 is 0 Å². The molecule has 1 aliphatic rings. The lowest BCUT2D eigenvalue weighted by Gasteiger charge is -2.30. The van der Waals surface area contributed by atoms with Gasteiger partial charge in [0.15, 0.2) is 0 Å². The van der Waals surface area contributed by atoms with Crippen LogP contribution in [0.15, 0.2) is 0 Å². The highest BCUT2D eigenvalue weighted by Gasteiger charge is 2.25. The zero-order valence-corrected chi connectivity index (χ0v) is 13.4. The molecular weight excluding hydrogens is 266 g/mol. The van der Waals surface area contributed by atoms with E-state index in [1.165, 1.54) is 38.5 Å². The molecule has 5 nitrogen and oxygen atoms in total. The summed E-state index contributed by atoms with van der Waals surface area (Å²) in [6.45, 7) is 4.25. The van der Waals surface area contributed by atoms with E-state index in [1.54, 1.807) is 4.90 Å². The maximum absolute atomic E-state index is 11.9. The van der Waals surface area contributed by atoms with Gasteiger partial charge in [-0.15, -0.1) is 0 Å².